The summed E-state index contributed by atoms with van der Waals surface area (Å²) in [5.74, 6) is 0.600. The van der Waals surface area contributed by atoms with Gasteiger partial charge in [-0.1, -0.05) is 11.6 Å². The lowest BCUT2D eigenvalue weighted by Gasteiger charge is -2.24. The van der Waals surface area contributed by atoms with Crippen LogP contribution in [0.4, 0.5) is 18.9 Å². The molecule has 0 amide bonds. The molecule has 2 aromatic carbocycles. The molecule has 0 fully saturated rings. The average Bonchev–Trinajstić information content (AvgIpc) is 2.43. The van der Waals surface area contributed by atoms with Gasteiger partial charge in [-0.15, -0.1) is 0 Å². The van der Waals surface area contributed by atoms with E-state index in [9.17, 15) is 13.2 Å². The molecule has 0 unspecified atom stereocenters. The van der Waals surface area contributed by atoms with Crippen LogP contribution >= 0.6 is 11.6 Å². The lowest BCUT2D eigenvalue weighted by atomic mass is 10.0. The SMILES string of the molecule is Cc1cc(Oc2ccc(Cl)c(C(F)(F)F)c2)c(C)cc1NC(C)(C)C. The highest BCUT2D eigenvalue weighted by Crippen LogP contribution is 2.38. The fourth-order valence-corrected chi connectivity index (χ4v) is 2.58. The van der Waals surface area contributed by atoms with E-state index in [-0.39, 0.29) is 16.3 Å². The second-order valence-electron chi connectivity index (χ2n) is 7.05. The molecule has 0 saturated carbocycles. The number of rotatable bonds is 3. The van der Waals surface area contributed by atoms with Gasteiger partial charge in [-0.2, -0.15) is 13.2 Å². The smallest absolute Gasteiger partial charge is 0.417 e. The van der Waals surface area contributed by atoms with Crippen molar-refractivity contribution >= 4 is 17.3 Å². The van der Waals surface area contributed by atoms with Crippen molar-refractivity contribution in [1.29, 1.82) is 0 Å². The van der Waals surface area contributed by atoms with Crippen LogP contribution in [-0.4, -0.2) is 5.54 Å². The Kier molecular flexibility index (Phi) is 5.28. The van der Waals surface area contributed by atoms with Crippen LogP contribution in [0.25, 0.3) is 0 Å². The number of benzene rings is 2. The molecule has 25 heavy (non-hydrogen) atoms. The van der Waals surface area contributed by atoms with Gasteiger partial charge in [0.25, 0.3) is 0 Å². The normalized spacial score (nSPS) is 12.2. The van der Waals surface area contributed by atoms with Crippen molar-refractivity contribution < 1.29 is 17.9 Å². The van der Waals surface area contributed by atoms with Crippen LogP contribution in [0.15, 0.2) is 30.3 Å². The van der Waals surface area contributed by atoms with E-state index in [2.05, 4.69) is 26.1 Å². The maximum absolute atomic E-state index is 13.0. The maximum atomic E-state index is 13.0. The van der Waals surface area contributed by atoms with Crippen LogP contribution in [-0.2, 0) is 6.18 Å². The number of halogens is 4. The third kappa shape index (κ3) is 5.05. The summed E-state index contributed by atoms with van der Waals surface area (Å²) in [4.78, 5) is 0. The molecule has 1 N–H and O–H groups in total. The van der Waals surface area contributed by atoms with Crippen LogP contribution in [0.5, 0.6) is 11.5 Å². The predicted octanol–water partition coefficient (Wildman–Crippen LogP) is 6.98. The van der Waals surface area contributed by atoms with Gasteiger partial charge in [0, 0.05) is 11.2 Å². The van der Waals surface area contributed by atoms with Gasteiger partial charge in [-0.25, -0.2) is 0 Å². The van der Waals surface area contributed by atoms with E-state index in [1.165, 1.54) is 12.1 Å². The maximum Gasteiger partial charge on any atom is 0.417 e. The fourth-order valence-electron chi connectivity index (χ4n) is 2.35. The Hall–Kier alpha value is -1.88. The Morgan fingerprint density at radius 3 is 2.16 bits per heavy atom. The highest BCUT2D eigenvalue weighted by Gasteiger charge is 2.33. The average molecular weight is 372 g/mol. The zero-order valence-corrected chi connectivity index (χ0v) is 15.6. The lowest BCUT2D eigenvalue weighted by molar-refractivity contribution is -0.137. The standard InChI is InChI=1S/C19H21ClF3NO/c1-11-9-17(12(2)8-16(11)24-18(3,4)5)25-13-6-7-15(20)14(10-13)19(21,22)23/h6-10,24H,1-5H3. The lowest BCUT2D eigenvalue weighted by Crippen LogP contribution is -2.26. The molecule has 0 aliphatic heterocycles. The highest BCUT2D eigenvalue weighted by molar-refractivity contribution is 6.31. The molecule has 136 valence electrons. The summed E-state index contributed by atoms with van der Waals surface area (Å²) in [5.41, 5.74) is 1.72. The molecular weight excluding hydrogens is 351 g/mol. The summed E-state index contributed by atoms with van der Waals surface area (Å²) in [6.07, 6.45) is -4.53. The van der Waals surface area contributed by atoms with Gasteiger partial charge in [-0.05, 0) is 76.1 Å². The Bertz CT molecular complexity index is 779. The van der Waals surface area contributed by atoms with Gasteiger partial charge in [0.2, 0.25) is 0 Å². The number of alkyl halides is 3. The molecule has 6 heteroatoms. The van der Waals surface area contributed by atoms with E-state index in [1.54, 1.807) is 0 Å². The zero-order valence-electron chi connectivity index (χ0n) is 14.8. The molecule has 0 spiro atoms. The Morgan fingerprint density at radius 1 is 0.960 bits per heavy atom. The van der Waals surface area contributed by atoms with E-state index < -0.39 is 11.7 Å². The van der Waals surface area contributed by atoms with Crippen LogP contribution in [0, 0.1) is 13.8 Å². The second kappa shape index (κ2) is 6.79. The quantitative estimate of drug-likeness (QED) is 0.628. The molecule has 0 bridgehead atoms. The van der Waals surface area contributed by atoms with Gasteiger partial charge >= 0.3 is 6.18 Å². The van der Waals surface area contributed by atoms with E-state index in [4.69, 9.17) is 16.3 Å². The van der Waals surface area contributed by atoms with Crippen LogP contribution in [0.2, 0.25) is 5.02 Å². The first-order valence-corrected chi connectivity index (χ1v) is 8.18. The van der Waals surface area contributed by atoms with Gasteiger partial charge in [0.05, 0.1) is 10.6 Å². The summed E-state index contributed by atoms with van der Waals surface area (Å²) in [6, 6.07) is 7.27. The van der Waals surface area contributed by atoms with E-state index in [0.29, 0.717) is 5.75 Å². The van der Waals surface area contributed by atoms with Crippen LogP contribution in [0.1, 0.15) is 37.5 Å². The first kappa shape index (κ1) is 19.4. The Balaban J connectivity index is 2.34. The molecule has 2 nitrogen and oxygen atoms in total. The third-order valence-corrected chi connectivity index (χ3v) is 3.83. The van der Waals surface area contributed by atoms with Crippen molar-refractivity contribution in [3.63, 3.8) is 0 Å². The summed E-state index contributed by atoms with van der Waals surface area (Å²) >= 11 is 5.64. The number of nitrogens with one attached hydrogen (secondary N) is 1. The molecule has 0 aliphatic carbocycles. The number of anilines is 1. The second-order valence-corrected chi connectivity index (χ2v) is 7.46. The molecule has 0 radical (unpaired) electrons. The first-order valence-electron chi connectivity index (χ1n) is 7.81. The summed E-state index contributed by atoms with van der Waals surface area (Å²) in [6.45, 7) is 9.93. The van der Waals surface area contributed by atoms with Gasteiger partial charge in [0.1, 0.15) is 11.5 Å². The van der Waals surface area contributed by atoms with E-state index in [0.717, 1.165) is 22.9 Å². The number of hydrogen-bond donors (Lipinski definition) is 1. The summed E-state index contributed by atoms with van der Waals surface area (Å²) in [5, 5.41) is 3.05. The molecule has 0 atom stereocenters. The largest absolute Gasteiger partial charge is 0.457 e. The first-order chi connectivity index (χ1) is 11.4. The number of hydrogen-bond acceptors (Lipinski definition) is 2. The monoisotopic (exact) mass is 371 g/mol. The van der Waals surface area contributed by atoms with Crippen molar-refractivity contribution in [3.8, 4) is 11.5 Å². The topological polar surface area (TPSA) is 21.3 Å². The fraction of sp³-hybridized carbons (Fsp3) is 0.368. The van der Waals surface area contributed by atoms with E-state index in [1.807, 2.05) is 26.0 Å². The number of aryl methyl sites for hydroxylation is 2. The zero-order chi connectivity index (χ0) is 19.0. The molecule has 0 saturated heterocycles. The minimum atomic E-state index is -4.53. The van der Waals surface area contributed by atoms with Gasteiger partial charge < -0.3 is 10.1 Å². The van der Waals surface area contributed by atoms with Crippen molar-refractivity contribution in [2.24, 2.45) is 0 Å². The minimum absolute atomic E-state index is 0.0933. The van der Waals surface area contributed by atoms with Crippen molar-refractivity contribution in [2.45, 2.75) is 46.3 Å². The molecule has 2 rings (SSSR count). The Labute approximate surface area is 151 Å². The van der Waals surface area contributed by atoms with Crippen molar-refractivity contribution in [2.75, 3.05) is 5.32 Å². The van der Waals surface area contributed by atoms with Crippen molar-refractivity contribution in [1.82, 2.24) is 0 Å². The molecular formula is C19H21ClF3NO. The molecule has 2 aromatic rings. The minimum Gasteiger partial charge on any atom is -0.457 e. The van der Waals surface area contributed by atoms with Crippen molar-refractivity contribution in [3.05, 3.63) is 52.0 Å². The van der Waals surface area contributed by atoms with Crippen LogP contribution < -0.4 is 10.1 Å². The predicted molar refractivity (Wildman–Crippen MR) is 95.8 cm³/mol. The van der Waals surface area contributed by atoms with Crippen LogP contribution in [0.3, 0.4) is 0 Å². The van der Waals surface area contributed by atoms with Gasteiger partial charge in [0.15, 0.2) is 0 Å². The van der Waals surface area contributed by atoms with E-state index >= 15 is 0 Å². The summed E-state index contributed by atoms with van der Waals surface area (Å²) < 4.78 is 44.6. The molecule has 0 heterocycles. The highest BCUT2D eigenvalue weighted by atomic mass is 35.5. The molecule has 0 aromatic heterocycles. The van der Waals surface area contributed by atoms with Gasteiger partial charge in [-0.3, -0.25) is 0 Å². The Morgan fingerprint density at radius 2 is 1.60 bits per heavy atom. The molecule has 0 aliphatic rings. The third-order valence-electron chi connectivity index (χ3n) is 3.50. The number of ether oxygens (including phenoxy) is 1. The summed E-state index contributed by atoms with van der Waals surface area (Å²) in [7, 11) is 0.